The zero-order valence-electron chi connectivity index (χ0n) is 56.3. The Hall–Kier alpha value is -9.05. The normalized spacial score (nSPS) is 10.2. The quantitative estimate of drug-likeness (QED) is 0.0807. The molecule has 90 heavy (non-hydrogen) atoms. The summed E-state index contributed by atoms with van der Waals surface area (Å²) in [5, 5.41) is 26.5. The van der Waals surface area contributed by atoms with Gasteiger partial charge in [-0.05, 0) is 139 Å². The molecule has 8 rings (SSSR count). The molecule has 1 aromatic carbocycles. The molecule has 0 saturated heterocycles. The van der Waals surface area contributed by atoms with Crippen LogP contribution in [0.4, 0.5) is 0 Å². The van der Waals surface area contributed by atoms with Crippen molar-refractivity contribution < 1.29 is 48.7 Å². The average molecular weight is 1230 g/mol. The summed E-state index contributed by atoms with van der Waals surface area (Å²) in [4.78, 5) is 67.2. The average Bonchev–Trinajstić information content (AvgIpc) is 2.78. The second-order valence-electron chi connectivity index (χ2n) is 22.6. The summed E-state index contributed by atoms with van der Waals surface area (Å²) < 4.78 is 15.7. The molecule has 17 nitrogen and oxygen atoms in total. The van der Waals surface area contributed by atoms with Crippen LogP contribution < -0.4 is 9.47 Å². The molecule has 0 spiro atoms. The van der Waals surface area contributed by atoms with Crippen LogP contribution in [0.2, 0.25) is 0 Å². The Kier molecular flexibility index (Phi) is 38.2. The molecule has 7 heterocycles. The number of pyridine rings is 7. The standard InChI is InChI=1S/C15H17NO.C11H17NO.C10H13NO2.C10H15N.C9H11NO2.C9H13NO.C8H11NO.CO2/c1-12(2)15-14(9-6-10-16-15)17-11-13-7-4-3-5-8-13;1-7(2)10-9(4)11(13-5)8(3)6-12-10;1-7(2)9-5-4-8(6-11-9)10(12)13-3;1-4-9-6-5-7-11-10(9)8(2)3;1-6(2)8-4-3-7(5-10-8)9(11)12;1-7(2)9-4-3-8(6-11)5-10-9;1-6(2)8-7(10)4-3-5-9-8;2-1-3/h3-10,12H,11H2,1-2H3;6-7H,1-5H3;4-7H,1-3H3;5-8H,4H2,1-3H3;3-6H,1-2H3,(H,11,12);3-5,7,11H,6H2,1-2H3;3-6,10H,1-2H3;. The highest BCUT2D eigenvalue weighted by atomic mass is 16.5. The number of benzene rings is 1. The van der Waals surface area contributed by atoms with E-state index < -0.39 is 5.97 Å². The SMILES string of the molecule is CC(C)c1ccc(C(=O)O)cn1.CC(C)c1ccc(CO)cn1.CC(C)c1ncccc1O.CC(C)c1ncccc1OCc1ccccc1.CCc1cccnc1C(C)C.COC(=O)c1ccc(C(C)C)nc1.COc1c(C)cnc(C(C)C)c1C.O=C=O. The van der Waals surface area contributed by atoms with E-state index in [4.69, 9.17) is 29.3 Å². The number of aliphatic hydroxyl groups is 1. The van der Waals surface area contributed by atoms with Gasteiger partial charge in [0.1, 0.15) is 23.9 Å². The van der Waals surface area contributed by atoms with E-state index in [2.05, 4.69) is 141 Å². The van der Waals surface area contributed by atoms with Crippen molar-refractivity contribution in [2.24, 2.45) is 0 Å². The Balaban J connectivity index is 0.000000524. The van der Waals surface area contributed by atoms with E-state index in [1.54, 1.807) is 56.0 Å². The first-order valence-electron chi connectivity index (χ1n) is 30.2. The molecule has 0 saturated carbocycles. The van der Waals surface area contributed by atoms with Crippen LogP contribution >= 0.6 is 0 Å². The number of carboxylic acids is 1. The number of aromatic hydroxyl groups is 1. The Morgan fingerprint density at radius 3 is 1.36 bits per heavy atom. The Morgan fingerprint density at radius 1 is 0.500 bits per heavy atom. The number of carboxylic acid groups (broad SMARTS) is 1. The van der Waals surface area contributed by atoms with Crippen molar-refractivity contribution in [2.75, 3.05) is 14.2 Å². The molecule has 0 aliphatic carbocycles. The van der Waals surface area contributed by atoms with Gasteiger partial charge in [0, 0.05) is 83.0 Å². The smallest absolute Gasteiger partial charge is 0.373 e. The molecule has 0 unspecified atom stereocenters. The number of aryl methyl sites for hydroxylation is 2. The summed E-state index contributed by atoms with van der Waals surface area (Å²) in [7, 11) is 3.07. The minimum absolute atomic E-state index is 0.0748. The molecule has 0 fully saturated rings. The molecule has 7 aromatic heterocycles. The molecule has 0 bridgehead atoms. The molecule has 0 aliphatic heterocycles. The maximum absolute atomic E-state index is 11.0. The Labute approximate surface area is 534 Å². The number of hydrogen-bond acceptors (Lipinski definition) is 16. The number of aromatic carboxylic acids is 1. The lowest BCUT2D eigenvalue weighted by atomic mass is 10.0. The number of carbonyl (C=O) groups excluding carboxylic acids is 3. The fourth-order valence-electron chi connectivity index (χ4n) is 8.18. The van der Waals surface area contributed by atoms with Gasteiger partial charge in [-0.3, -0.25) is 34.9 Å². The van der Waals surface area contributed by atoms with Crippen LogP contribution in [0.1, 0.15) is 234 Å². The van der Waals surface area contributed by atoms with Crippen molar-refractivity contribution in [3.63, 3.8) is 0 Å². The number of methoxy groups -OCH3 is 2. The number of nitrogens with zero attached hydrogens (tertiary/aromatic N) is 7. The summed E-state index contributed by atoms with van der Waals surface area (Å²) in [6, 6.07) is 32.3. The molecular weight excluding hydrogens is 1130 g/mol. The number of rotatable bonds is 15. The largest absolute Gasteiger partial charge is 0.506 e. The van der Waals surface area contributed by atoms with Crippen LogP contribution in [0, 0.1) is 13.8 Å². The van der Waals surface area contributed by atoms with Gasteiger partial charge in [0.2, 0.25) is 0 Å². The minimum Gasteiger partial charge on any atom is -0.506 e. The topological polar surface area (TPSA) is 247 Å². The third kappa shape index (κ3) is 29.3. The van der Waals surface area contributed by atoms with E-state index in [0.717, 1.165) is 68.8 Å². The number of hydrogen-bond donors (Lipinski definition) is 3. The van der Waals surface area contributed by atoms with Crippen molar-refractivity contribution in [1.82, 2.24) is 34.9 Å². The van der Waals surface area contributed by atoms with E-state index in [-0.39, 0.29) is 30.0 Å². The van der Waals surface area contributed by atoms with Gasteiger partial charge in [-0.2, -0.15) is 9.59 Å². The van der Waals surface area contributed by atoms with E-state index in [1.807, 2.05) is 108 Å². The number of esters is 1. The van der Waals surface area contributed by atoms with Crippen LogP contribution in [0.3, 0.4) is 0 Å². The van der Waals surface area contributed by atoms with Gasteiger partial charge in [-0.1, -0.05) is 146 Å². The van der Waals surface area contributed by atoms with Crippen LogP contribution in [-0.4, -0.2) is 82.5 Å². The summed E-state index contributed by atoms with van der Waals surface area (Å²) in [5.74, 6) is 3.72. The van der Waals surface area contributed by atoms with Crippen LogP contribution in [0.15, 0.2) is 147 Å². The molecule has 8 aromatic rings. The van der Waals surface area contributed by atoms with Crippen molar-refractivity contribution in [3.05, 3.63) is 225 Å². The lowest BCUT2D eigenvalue weighted by Gasteiger charge is -2.13. The van der Waals surface area contributed by atoms with Crippen molar-refractivity contribution >= 4 is 18.1 Å². The zero-order chi connectivity index (χ0) is 67.9. The second kappa shape index (κ2) is 43.6. The van der Waals surface area contributed by atoms with Gasteiger partial charge in [-0.15, -0.1) is 0 Å². The minimum atomic E-state index is -0.933. The fraction of sp³-hybridized carbons (Fsp3) is 0.397. The maximum Gasteiger partial charge on any atom is 0.373 e. The first kappa shape index (κ1) is 79.0. The van der Waals surface area contributed by atoms with E-state index in [0.29, 0.717) is 53.6 Å². The molecule has 0 atom stereocenters. The van der Waals surface area contributed by atoms with Gasteiger partial charge >= 0.3 is 18.1 Å². The highest BCUT2D eigenvalue weighted by Gasteiger charge is 2.13. The maximum atomic E-state index is 11.0. The molecule has 3 N–H and O–H groups in total. The summed E-state index contributed by atoms with van der Waals surface area (Å²) in [5.41, 5.74) is 13.5. The lowest BCUT2D eigenvalue weighted by Crippen LogP contribution is -2.02. The first-order valence-corrected chi connectivity index (χ1v) is 30.2. The van der Waals surface area contributed by atoms with Gasteiger partial charge in [0.05, 0.1) is 43.3 Å². The summed E-state index contributed by atoms with van der Waals surface area (Å²) >= 11 is 0. The summed E-state index contributed by atoms with van der Waals surface area (Å²) in [6.07, 6.45) is 13.2. The zero-order valence-corrected chi connectivity index (χ0v) is 56.3. The second-order valence-corrected chi connectivity index (χ2v) is 22.6. The molecule has 17 heteroatoms. The van der Waals surface area contributed by atoms with Crippen LogP contribution in [0.25, 0.3) is 0 Å². The Bertz CT molecular complexity index is 3310. The summed E-state index contributed by atoms with van der Waals surface area (Å²) in [6.45, 7) is 36.2. The van der Waals surface area contributed by atoms with Crippen molar-refractivity contribution in [3.8, 4) is 17.2 Å². The monoisotopic (exact) mass is 1230 g/mol. The molecule has 484 valence electrons. The van der Waals surface area contributed by atoms with Crippen LogP contribution in [-0.2, 0) is 34.0 Å². The van der Waals surface area contributed by atoms with E-state index >= 15 is 0 Å². The molecule has 0 radical (unpaired) electrons. The molecular formula is C73H97N7O10. The van der Waals surface area contributed by atoms with Crippen LogP contribution in [0.5, 0.6) is 17.2 Å². The molecule has 0 amide bonds. The van der Waals surface area contributed by atoms with Gasteiger partial charge in [-0.25, -0.2) is 9.59 Å². The molecule has 0 aliphatic rings. The van der Waals surface area contributed by atoms with Gasteiger partial charge in [0.15, 0.2) is 0 Å². The fourth-order valence-corrected chi connectivity index (χ4v) is 8.18. The van der Waals surface area contributed by atoms with Gasteiger partial charge < -0.3 is 29.5 Å². The van der Waals surface area contributed by atoms with Gasteiger partial charge in [0.25, 0.3) is 0 Å². The van der Waals surface area contributed by atoms with Crippen molar-refractivity contribution in [2.45, 2.75) is 179 Å². The lowest BCUT2D eigenvalue weighted by molar-refractivity contribution is -0.191. The predicted octanol–water partition coefficient (Wildman–Crippen LogP) is 16.3. The number of ether oxygens (including phenoxy) is 3. The van der Waals surface area contributed by atoms with E-state index in [1.165, 1.54) is 30.1 Å². The first-order chi connectivity index (χ1) is 42.7. The highest BCUT2D eigenvalue weighted by molar-refractivity contribution is 5.89. The number of aromatic nitrogens is 7. The number of aliphatic hydroxyl groups excluding tert-OH is 1. The van der Waals surface area contributed by atoms with Crippen molar-refractivity contribution in [1.29, 1.82) is 0 Å². The highest BCUT2D eigenvalue weighted by Crippen LogP contribution is 2.28. The van der Waals surface area contributed by atoms with E-state index in [9.17, 15) is 14.7 Å². The Morgan fingerprint density at radius 2 is 0.967 bits per heavy atom. The third-order valence-corrected chi connectivity index (χ3v) is 13.1. The predicted molar refractivity (Wildman–Crippen MR) is 355 cm³/mol. The number of carbonyl (C=O) groups is 2. The third-order valence-electron chi connectivity index (χ3n) is 13.1.